The Bertz CT molecular complexity index is 956. The molecule has 0 aliphatic rings. The highest BCUT2D eigenvalue weighted by Crippen LogP contribution is 2.11. The highest BCUT2D eigenvalue weighted by Gasteiger charge is 2.06. The average molecular weight is 362 g/mol. The van der Waals surface area contributed by atoms with Crippen molar-refractivity contribution in [2.75, 3.05) is 5.32 Å². The highest BCUT2D eigenvalue weighted by atomic mass is 19.1. The lowest BCUT2D eigenvalue weighted by Crippen LogP contribution is -2.17. The number of rotatable bonds is 5. The third kappa shape index (κ3) is 5.05. The maximum atomic E-state index is 12.9. The average Bonchev–Trinajstić information content (AvgIpc) is 2.71. The van der Waals surface area contributed by atoms with Gasteiger partial charge in [0.15, 0.2) is 0 Å². The van der Waals surface area contributed by atoms with Crippen molar-refractivity contribution in [1.29, 1.82) is 0 Å². The van der Waals surface area contributed by atoms with E-state index in [9.17, 15) is 14.0 Å². The van der Waals surface area contributed by atoms with E-state index in [1.807, 2.05) is 0 Å². The van der Waals surface area contributed by atoms with Crippen LogP contribution in [0.2, 0.25) is 0 Å². The number of nitrogens with zero attached hydrogens (tertiary/aromatic N) is 2. The first-order valence-electron chi connectivity index (χ1n) is 8.02. The summed E-state index contributed by atoms with van der Waals surface area (Å²) in [6.45, 7) is 0. The molecule has 3 rings (SSSR count). The number of halogens is 1. The normalized spacial score (nSPS) is 10.6. The zero-order chi connectivity index (χ0) is 19.1. The molecule has 0 aliphatic carbocycles. The molecule has 0 bridgehead atoms. The number of benzene rings is 2. The van der Waals surface area contributed by atoms with Crippen LogP contribution in [0.25, 0.3) is 0 Å². The van der Waals surface area contributed by atoms with Crippen LogP contribution in [0.5, 0.6) is 0 Å². The molecule has 0 spiro atoms. The van der Waals surface area contributed by atoms with Gasteiger partial charge in [-0.3, -0.25) is 14.6 Å². The molecule has 0 fully saturated rings. The largest absolute Gasteiger partial charge is 0.322 e. The van der Waals surface area contributed by atoms with Crippen molar-refractivity contribution < 1.29 is 14.0 Å². The van der Waals surface area contributed by atoms with E-state index in [1.165, 1.54) is 36.7 Å². The molecule has 0 aliphatic heterocycles. The number of hydrogen-bond acceptors (Lipinski definition) is 4. The zero-order valence-electron chi connectivity index (χ0n) is 14.1. The van der Waals surface area contributed by atoms with E-state index in [0.29, 0.717) is 22.4 Å². The Kier molecular flexibility index (Phi) is 5.64. The van der Waals surface area contributed by atoms with Gasteiger partial charge in [0, 0.05) is 23.6 Å². The van der Waals surface area contributed by atoms with Crippen LogP contribution in [-0.2, 0) is 0 Å². The SMILES string of the molecule is O=C(NN=Cc1ccc(C(=O)Nc2ccc(F)cc2)cc1)c1cccnc1. The van der Waals surface area contributed by atoms with Crippen LogP contribution in [0.15, 0.2) is 78.2 Å². The molecule has 0 saturated carbocycles. The summed E-state index contributed by atoms with van der Waals surface area (Å²) in [5, 5.41) is 6.56. The van der Waals surface area contributed by atoms with Crippen molar-refractivity contribution in [3.63, 3.8) is 0 Å². The third-order valence-corrected chi connectivity index (χ3v) is 3.58. The van der Waals surface area contributed by atoms with Gasteiger partial charge < -0.3 is 5.32 Å². The first-order valence-corrected chi connectivity index (χ1v) is 8.02. The monoisotopic (exact) mass is 362 g/mol. The number of aromatic nitrogens is 1. The first kappa shape index (κ1) is 17.9. The maximum Gasteiger partial charge on any atom is 0.272 e. The van der Waals surface area contributed by atoms with E-state index >= 15 is 0 Å². The molecule has 2 aromatic carbocycles. The topological polar surface area (TPSA) is 83.5 Å². The number of nitrogens with one attached hydrogen (secondary N) is 2. The van der Waals surface area contributed by atoms with Gasteiger partial charge in [0.1, 0.15) is 5.82 Å². The molecular formula is C20H15FN4O2. The highest BCUT2D eigenvalue weighted by molar-refractivity contribution is 6.04. The van der Waals surface area contributed by atoms with E-state index in [-0.39, 0.29) is 17.6 Å². The van der Waals surface area contributed by atoms with Gasteiger partial charge in [0.05, 0.1) is 11.8 Å². The van der Waals surface area contributed by atoms with Crippen molar-refractivity contribution in [1.82, 2.24) is 10.4 Å². The van der Waals surface area contributed by atoms with E-state index in [1.54, 1.807) is 42.6 Å². The zero-order valence-corrected chi connectivity index (χ0v) is 14.1. The summed E-state index contributed by atoms with van der Waals surface area (Å²) >= 11 is 0. The van der Waals surface area contributed by atoms with Crippen LogP contribution in [-0.4, -0.2) is 23.0 Å². The smallest absolute Gasteiger partial charge is 0.272 e. The first-order chi connectivity index (χ1) is 13.1. The van der Waals surface area contributed by atoms with Gasteiger partial charge in [0.25, 0.3) is 11.8 Å². The summed E-state index contributed by atoms with van der Waals surface area (Å²) in [5.41, 5.74) is 4.46. The van der Waals surface area contributed by atoms with Crippen molar-refractivity contribution in [3.8, 4) is 0 Å². The molecule has 1 heterocycles. The number of carbonyl (C=O) groups excluding carboxylic acids is 2. The van der Waals surface area contributed by atoms with Gasteiger partial charge in [-0.25, -0.2) is 9.82 Å². The molecule has 0 saturated heterocycles. The number of amides is 2. The number of carbonyl (C=O) groups is 2. The summed E-state index contributed by atoms with van der Waals surface area (Å²) in [7, 11) is 0. The van der Waals surface area contributed by atoms with Crippen LogP contribution in [0.1, 0.15) is 26.3 Å². The standard InChI is InChI=1S/C20H15FN4O2/c21-17-7-9-18(10-8-17)24-19(26)15-5-3-14(4-6-15)12-23-25-20(27)16-2-1-11-22-13-16/h1-13H,(H,24,26)(H,25,27). The molecule has 0 unspecified atom stereocenters. The minimum Gasteiger partial charge on any atom is -0.322 e. The summed E-state index contributed by atoms with van der Waals surface area (Å²) in [6, 6.07) is 15.5. The fourth-order valence-corrected chi connectivity index (χ4v) is 2.18. The summed E-state index contributed by atoms with van der Waals surface area (Å²) in [4.78, 5) is 27.9. The lowest BCUT2D eigenvalue weighted by molar-refractivity contribution is 0.0954. The minimum absolute atomic E-state index is 0.310. The van der Waals surface area contributed by atoms with Crippen molar-refractivity contribution in [2.24, 2.45) is 5.10 Å². The van der Waals surface area contributed by atoms with Gasteiger partial charge in [-0.2, -0.15) is 5.10 Å². The Labute approximate surface area is 154 Å². The second-order valence-electron chi connectivity index (χ2n) is 5.52. The summed E-state index contributed by atoms with van der Waals surface area (Å²) in [5.74, 6) is -1.04. The number of pyridine rings is 1. The van der Waals surface area contributed by atoms with Crippen LogP contribution >= 0.6 is 0 Å². The van der Waals surface area contributed by atoms with E-state index < -0.39 is 0 Å². The van der Waals surface area contributed by atoms with Crippen molar-refractivity contribution in [2.45, 2.75) is 0 Å². The fraction of sp³-hybridized carbons (Fsp3) is 0. The predicted molar refractivity (Wildman–Crippen MR) is 100 cm³/mol. The Balaban J connectivity index is 1.57. The van der Waals surface area contributed by atoms with Crippen LogP contribution in [0.4, 0.5) is 10.1 Å². The van der Waals surface area contributed by atoms with Crippen molar-refractivity contribution in [3.05, 3.63) is 95.6 Å². The molecule has 2 amide bonds. The molecule has 2 N–H and O–H groups in total. The minimum atomic E-state index is -0.368. The van der Waals surface area contributed by atoms with Gasteiger partial charge in [0.2, 0.25) is 0 Å². The van der Waals surface area contributed by atoms with E-state index in [4.69, 9.17) is 0 Å². The maximum absolute atomic E-state index is 12.9. The number of hydrogen-bond donors (Lipinski definition) is 2. The molecule has 27 heavy (non-hydrogen) atoms. The quantitative estimate of drug-likeness (QED) is 0.540. The van der Waals surface area contributed by atoms with Gasteiger partial charge in [-0.15, -0.1) is 0 Å². The Morgan fingerprint density at radius 1 is 0.926 bits per heavy atom. The van der Waals surface area contributed by atoms with Gasteiger partial charge in [-0.05, 0) is 54.1 Å². The van der Waals surface area contributed by atoms with Crippen LogP contribution in [0, 0.1) is 5.82 Å². The molecule has 6 nitrogen and oxygen atoms in total. The molecule has 0 atom stereocenters. The number of anilines is 1. The fourth-order valence-electron chi connectivity index (χ4n) is 2.18. The predicted octanol–water partition coefficient (Wildman–Crippen LogP) is 3.24. The molecule has 134 valence electrons. The lowest BCUT2D eigenvalue weighted by atomic mass is 10.1. The molecule has 0 radical (unpaired) electrons. The number of hydrazone groups is 1. The molecular weight excluding hydrogens is 347 g/mol. The summed E-state index contributed by atoms with van der Waals surface area (Å²) < 4.78 is 12.9. The lowest BCUT2D eigenvalue weighted by Gasteiger charge is -2.05. The Hall–Kier alpha value is -3.87. The van der Waals surface area contributed by atoms with Crippen LogP contribution in [0.3, 0.4) is 0 Å². The van der Waals surface area contributed by atoms with E-state index in [0.717, 1.165) is 0 Å². The second-order valence-corrected chi connectivity index (χ2v) is 5.52. The Morgan fingerprint density at radius 2 is 1.67 bits per heavy atom. The van der Waals surface area contributed by atoms with Crippen LogP contribution < -0.4 is 10.7 Å². The second kappa shape index (κ2) is 8.48. The van der Waals surface area contributed by atoms with Gasteiger partial charge in [-0.1, -0.05) is 12.1 Å². The van der Waals surface area contributed by atoms with E-state index in [2.05, 4.69) is 20.8 Å². The summed E-state index contributed by atoms with van der Waals surface area (Å²) in [6.07, 6.45) is 4.49. The Morgan fingerprint density at radius 3 is 2.33 bits per heavy atom. The third-order valence-electron chi connectivity index (χ3n) is 3.58. The van der Waals surface area contributed by atoms with Crippen molar-refractivity contribution >= 4 is 23.7 Å². The van der Waals surface area contributed by atoms with Gasteiger partial charge >= 0.3 is 0 Å². The molecule has 7 heteroatoms. The molecule has 3 aromatic rings. The molecule has 1 aromatic heterocycles.